The molecule has 0 radical (unpaired) electrons. The van der Waals surface area contributed by atoms with Crippen LogP contribution in [0.25, 0.3) is 0 Å². The Labute approximate surface area is 204 Å². The number of carbonyl (C=O) groups excluding carboxylic acids is 2. The molecule has 35 heavy (non-hydrogen) atoms. The average molecular weight is 473 g/mol. The number of pyridine rings is 1. The van der Waals surface area contributed by atoms with E-state index in [0.717, 1.165) is 22.5 Å². The lowest BCUT2D eigenvalue weighted by Gasteiger charge is -2.23. The van der Waals surface area contributed by atoms with Crippen molar-refractivity contribution in [1.82, 2.24) is 10.3 Å². The summed E-state index contributed by atoms with van der Waals surface area (Å²) in [6, 6.07) is 20.8. The number of carbonyl (C=O) groups is 3. The van der Waals surface area contributed by atoms with Crippen LogP contribution in [0.15, 0.2) is 72.9 Å². The Kier molecular flexibility index (Phi) is 7.72. The van der Waals surface area contributed by atoms with E-state index >= 15 is 0 Å². The molecule has 2 aromatic carbocycles. The van der Waals surface area contributed by atoms with E-state index in [1.54, 1.807) is 18.3 Å². The summed E-state index contributed by atoms with van der Waals surface area (Å²) in [5.74, 6) is -0.799. The summed E-state index contributed by atoms with van der Waals surface area (Å²) in [7, 11) is 0. The van der Waals surface area contributed by atoms with Crippen molar-refractivity contribution < 1.29 is 19.5 Å². The molecule has 0 aliphatic carbocycles. The number of nitrogens with one attached hydrogen (secondary N) is 2. The van der Waals surface area contributed by atoms with Gasteiger partial charge in [0.25, 0.3) is 0 Å². The first-order valence-corrected chi connectivity index (χ1v) is 11.6. The Hall–Kier alpha value is -4.20. The molecule has 0 spiro atoms. The van der Waals surface area contributed by atoms with Crippen molar-refractivity contribution in [3.8, 4) is 0 Å². The number of hydrogen-bond donors (Lipinski definition) is 3. The highest BCUT2D eigenvalue weighted by molar-refractivity contribution is 6.00. The standard InChI is InChI=1S/C27H28N4O4/c32-25(30-17-20-10-8-19(9-11-20)16-29-24-7-3-4-14-28-24)18-31-23-6-2-1-5-22(23)21(15-27(34)35)12-13-26(31)33/h1-11,14,21H,12-13,15-18H2,(H,28,29)(H,30,32)(H,34,35). The van der Waals surface area contributed by atoms with Crippen molar-refractivity contribution in [2.75, 3.05) is 16.8 Å². The van der Waals surface area contributed by atoms with Crippen molar-refractivity contribution >= 4 is 29.3 Å². The van der Waals surface area contributed by atoms with E-state index in [2.05, 4.69) is 15.6 Å². The van der Waals surface area contributed by atoms with Crippen LogP contribution in [0.2, 0.25) is 0 Å². The van der Waals surface area contributed by atoms with Crippen LogP contribution >= 0.6 is 0 Å². The highest BCUT2D eigenvalue weighted by atomic mass is 16.4. The molecule has 1 aromatic heterocycles. The van der Waals surface area contributed by atoms with Gasteiger partial charge in [-0.2, -0.15) is 0 Å². The molecule has 1 aliphatic heterocycles. The van der Waals surface area contributed by atoms with Gasteiger partial charge < -0.3 is 20.6 Å². The Morgan fingerprint density at radius 3 is 2.40 bits per heavy atom. The fourth-order valence-corrected chi connectivity index (χ4v) is 4.23. The molecule has 1 unspecified atom stereocenters. The molecule has 2 heterocycles. The third-order valence-electron chi connectivity index (χ3n) is 6.05. The molecule has 0 fully saturated rings. The van der Waals surface area contributed by atoms with Gasteiger partial charge in [0.15, 0.2) is 0 Å². The summed E-state index contributed by atoms with van der Waals surface area (Å²) >= 11 is 0. The van der Waals surface area contributed by atoms with Crippen molar-refractivity contribution in [3.63, 3.8) is 0 Å². The van der Waals surface area contributed by atoms with Gasteiger partial charge in [-0.25, -0.2) is 4.98 Å². The van der Waals surface area contributed by atoms with Crippen molar-refractivity contribution in [2.45, 2.75) is 38.3 Å². The monoisotopic (exact) mass is 472 g/mol. The molecule has 4 rings (SSSR count). The lowest BCUT2D eigenvalue weighted by Crippen LogP contribution is -2.40. The number of anilines is 2. The Morgan fingerprint density at radius 1 is 0.971 bits per heavy atom. The van der Waals surface area contributed by atoms with Gasteiger partial charge in [0, 0.05) is 31.4 Å². The van der Waals surface area contributed by atoms with Crippen LogP contribution in [0.3, 0.4) is 0 Å². The predicted octanol–water partition coefficient (Wildman–Crippen LogP) is 3.70. The molecule has 3 aromatic rings. The number of aromatic nitrogens is 1. The van der Waals surface area contributed by atoms with Crippen LogP contribution in [0.5, 0.6) is 0 Å². The van der Waals surface area contributed by atoms with Gasteiger partial charge in [-0.3, -0.25) is 14.4 Å². The summed E-state index contributed by atoms with van der Waals surface area (Å²) in [6.45, 7) is 0.878. The van der Waals surface area contributed by atoms with Crippen LogP contribution in [0.1, 0.15) is 41.9 Å². The van der Waals surface area contributed by atoms with Gasteiger partial charge in [0.1, 0.15) is 12.4 Å². The maximum atomic E-state index is 12.8. The molecule has 0 bridgehead atoms. The van der Waals surface area contributed by atoms with E-state index in [0.29, 0.717) is 25.2 Å². The van der Waals surface area contributed by atoms with Crippen molar-refractivity contribution in [3.05, 3.63) is 89.6 Å². The normalized spacial score (nSPS) is 15.1. The SMILES string of the molecule is O=C(O)CC1CCC(=O)N(CC(=O)NCc2ccc(CNc3ccccn3)cc2)c2ccccc21. The molecular formula is C27H28N4O4. The second-order valence-corrected chi connectivity index (χ2v) is 8.53. The van der Waals surface area contributed by atoms with E-state index in [1.807, 2.05) is 54.6 Å². The molecule has 2 amide bonds. The summed E-state index contributed by atoms with van der Waals surface area (Å²) < 4.78 is 0. The summed E-state index contributed by atoms with van der Waals surface area (Å²) in [4.78, 5) is 42.5. The van der Waals surface area contributed by atoms with E-state index in [4.69, 9.17) is 0 Å². The molecule has 180 valence electrons. The van der Waals surface area contributed by atoms with Crippen LogP contribution in [-0.2, 0) is 27.5 Å². The third-order valence-corrected chi connectivity index (χ3v) is 6.05. The largest absolute Gasteiger partial charge is 0.481 e. The average Bonchev–Trinajstić information content (AvgIpc) is 2.99. The molecule has 3 N–H and O–H groups in total. The zero-order valence-electron chi connectivity index (χ0n) is 19.3. The topological polar surface area (TPSA) is 112 Å². The Balaban J connectivity index is 1.34. The zero-order valence-corrected chi connectivity index (χ0v) is 19.3. The number of fused-ring (bicyclic) bond motifs is 1. The van der Waals surface area contributed by atoms with Gasteiger partial charge in [-0.15, -0.1) is 0 Å². The fraction of sp³-hybridized carbons (Fsp3) is 0.259. The molecule has 8 nitrogen and oxygen atoms in total. The van der Waals surface area contributed by atoms with E-state index in [-0.39, 0.29) is 37.1 Å². The minimum atomic E-state index is -0.901. The number of hydrogen-bond acceptors (Lipinski definition) is 5. The number of aliphatic carboxylic acids is 1. The van der Waals surface area contributed by atoms with Gasteiger partial charge in [0.2, 0.25) is 11.8 Å². The van der Waals surface area contributed by atoms with Crippen molar-refractivity contribution in [2.24, 2.45) is 0 Å². The van der Waals surface area contributed by atoms with Crippen LogP contribution in [0.4, 0.5) is 11.5 Å². The van der Waals surface area contributed by atoms with E-state index in [9.17, 15) is 19.5 Å². The van der Waals surface area contributed by atoms with Crippen molar-refractivity contribution in [1.29, 1.82) is 0 Å². The number of amides is 2. The lowest BCUT2D eigenvalue weighted by atomic mass is 9.91. The zero-order chi connectivity index (χ0) is 24.6. The maximum absolute atomic E-state index is 12.8. The first kappa shape index (κ1) is 23.9. The first-order chi connectivity index (χ1) is 17.0. The number of nitrogens with zero attached hydrogens (tertiary/aromatic N) is 2. The van der Waals surface area contributed by atoms with Gasteiger partial charge in [-0.05, 0) is 47.2 Å². The number of para-hydroxylation sites is 1. The van der Waals surface area contributed by atoms with Gasteiger partial charge >= 0.3 is 5.97 Å². The second kappa shape index (κ2) is 11.3. The summed E-state index contributed by atoms with van der Waals surface area (Å²) in [5, 5.41) is 15.4. The van der Waals surface area contributed by atoms with Crippen LogP contribution < -0.4 is 15.5 Å². The maximum Gasteiger partial charge on any atom is 0.303 e. The third kappa shape index (κ3) is 6.44. The fourth-order valence-electron chi connectivity index (χ4n) is 4.23. The number of carboxylic acids is 1. The summed E-state index contributed by atoms with van der Waals surface area (Å²) in [6.07, 6.45) is 2.34. The molecular weight excluding hydrogens is 444 g/mol. The lowest BCUT2D eigenvalue weighted by molar-refractivity contribution is -0.137. The van der Waals surface area contributed by atoms with Gasteiger partial charge in [0.05, 0.1) is 6.42 Å². The molecule has 1 aliphatic rings. The van der Waals surface area contributed by atoms with E-state index in [1.165, 1.54) is 4.90 Å². The highest BCUT2D eigenvalue weighted by Crippen LogP contribution is 2.36. The quantitative estimate of drug-likeness (QED) is 0.438. The second-order valence-electron chi connectivity index (χ2n) is 8.53. The molecule has 0 saturated carbocycles. The summed E-state index contributed by atoms with van der Waals surface area (Å²) in [5.41, 5.74) is 3.45. The highest BCUT2D eigenvalue weighted by Gasteiger charge is 2.30. The molecule has 8 heteroatoms. The molecule has 1 atom stereocenters. The van der Waals surface area contributed by atoms with Crippen LogP contribution in [-0.4, -0.2) is 34.4 Å². The number of rotatable bonds is 9. The smallest absolute Gasteiger partial charge is 0.303 e. The first-order valence-electron chi connectivity index (χ1n) is 11.6. The van der Waals surface area contributed by atoms with Crippen LogP contribution in [0, 0.1) is 0 Å². The van der Waals surface area contributed by atoms with Gasteiger partial charge in [-0.1, -0.05) is 48.5 Å². The predicted molar refractivity (Wildman–Crippen MR) is 133 cm³/mol. The Bertz CT molecular complexity index is 1180. The number of benzene rings is 2. The Morgan fingerprint density at radius 2 is 1.69 bits per heavy atom. The molecule has 0 saturated heterocycles. The van der Waals surface area contributed by atoms with E-state index < -0.39 is 5.97 Å². The number of carboxylic acid groups (broad SMARTS) is 1. The minimum absolute atomic E-state index is 0.0439. The minimum Gasteiger partial charge on any atom is -0.481 e.